The second-order valence-electron chi connectivity index (χ2n) is 6.11. The van der Waals surface area contributed by atoms with Crippen LogP contribution in [0.5, 0.6) is 0 Å². The number of β-amino-alcohol motifs (C(OH)–C–C–N with tert-alkyl or cyclic N) is 1. The van der Waals surface area contributed by atoms with Crippen molar-refractivity contribution in [3.63, 3.8) is 0 Å². The van der Waals surface area contributed by atoms with E-state index in [-0.39, 0.29) is 18.1 Å². The van der Waals surface area contributed by atoms with Gasteiger partial charge in [-0.15, -0.1) is 0 Å². The third-order valence-corrected chi connectivity index (χ3v) is 3.31. The van der Waals surface area contributed by atoms with Gasteiger partial charge in [0.05, 0.1) is 23.9 Å². The van der Waals surface area contributed by atoms with Gasteiger partial charge >= 0.3 is 0 Å². The molecule has 0 aliphatic heterocycles. The van der Waals surface area contributed by atoms with Crippen LogP contribution in [0.2, 0.25) is 0 Å². The van der Waals surface area contributed by atoms with Gasteiger partial charge in [-0.2, -0.15) is 0 Å². The summed E-state index contributed by atoms with van der Waals surface area (Å²) in [5.74, 6) is -0.316. The number of carbonyl (C=O) groups excluding carboxylic acids is 1. The van der Waals surface area contributed by atoms with Gasteiger partial charge in [0.2, 0.25) is 5.91 Å². The van der Waals surface area contributed by atoms with Crippen molar-refractivity contribution >= 4 is 5.91 Å². The number of amides is 1. The maximum absolute atomic E-state index is 11.5. The van der Waals surface area contributed by atoms with E-state index in [2.05, 4.69) is 5.32 Å². The molecule has 1 saturated carbocycles. The molecule has 4 N–H and O–H groups in total. The van der Waals surface area contributed by atoms with Crippen LogP contribution in [0, 0.1) is 0 Å². The van der Waals surface area contributed by atoms with Crippen LogP contribution in [-0.2, 0) is 9.53 Å². The van der Waals surface area contributed by atoms with Gasteiger partial charge in [-0.3, -0.25) is 4.79 Å². The van der Waals surface area contributed by atoms with Gasteiger partial charge in [0.25, 0.3) is 0 Å². The minimum absolute atomic E-state index is 0.255. The number of nitrogens with two attached hydrogens (primary N) is 1. The second kappa shape index (κ2) is 5.99. The smallest absolute Gasteiger partial charge is 0.237 e. The highest BCUT2D eigenvalue weighted by Crippen LogP contribution is 2.29. The first-order chi connectivity index (χ1) is 8.25. The van der Waals surface area contributed by atoms with Crippen molar-refractivity contribution in [2.45, 2.75) is 63.7 Å². The summed E-state index contributed by atoms with van der Waals surface area (Å²) in [6, 6.07) is 0. The van der Waals surface area contributed by atoms with Gasteiger partial charge in [0.1, 0.15) is 0 Å². The average Bonchev–Trinajstić information content (AvgIpc) is 2.72. The Morgan fingerprint density at radius 2 is 2.00 bits per heavy atom. The van der Waals surface area contributed by atoms with E-state index in [1.807, 2.05) is 20.8 Å². The topological polar surface area (TPSA) is 84.6 Å². The van der Waals surface area contributed by atoms with Gasteiger partial charge in [-0.05, 0) is 33.6 Å². The quantitative estimate of drug-likeness (QED) is 0.649. The minimum Gasteiger partial charge on any atom is -0.389 e. The molecule has 0 bridgehead atoms. The molecule has 0 aromatic rings. The summed E-state index contributed by atoms with van der Waals surface area (Å²) >= 11 is 0. The van der Waals surface area contributed by atoms with Crippen molar-refractivity contribution < 1.29 is 14.6 Å². The Morgan fingerprint density at radius 3 is 2.44 bits per heavy atom. The zero-order valence-corrected chi connectivity index (χ0v) is 11.7. The molecule has 0 heterocycles. The van der Waals surface area contributed by atoms with Crippen molar-refractivity contribution in [2.75, 3.05) is 13.2 Å². The number of hydrogen-bond acceptors (Lipinski definition) is 4. The van der Waals surface area contributed by atoms with E-state index in [0.29, 0.717) is 6.54 Å². The molecule has 1 aliphatic rings. The van der Waals surface area contributed by atoms with Crippen LogP contribution in [0.4, 0.5) is 0 Å². The van der Waals surface area contributed by atoms with Crippen LogP contribution < -0.4 is 11.1 Å². The van der Waals surface area contributed by atoms with E-state index < -0.39 is 11.6 Å². The van der Waals surface area contributed by atoms with E-state index >= 15 is 0 Å². The molecule has 0 spiro atoms. The lowest BCUT2D eigenvalue weighted by Crippen LogP contribution is -2.55. The van der Waals surface area contributed by atoms with Crippen LogP contribution in [0.15, 0.2) is 0 Å². The summed E-state index contributed by atoms with van der Waals surface area (Å²) < 4.78 is 5.49. The lowest BCUT2D eigenvalue weighted by Gasteiger charge is -2.29. The highest BCUT2D eigenvalue weighted by molar-refractivity contribution is 5.85. The fourth-order valence-corrected chi connectivity index (χ4v) is 2.21. The molecule has 1 fully saturated rings. The average molecular weight is 258 g/mol. The van der Waals surface area contributed by atoms with Gasteiger partial charge in [-0.25, -0.2) is 0 Å². The molecule has 1 aliphatic carbocycles. The van der Waals surface area contributed by atoms with Crippen molar-refractivity contribution in [3.8, 4) is 0 Å². The number of primary amides is 1. The molecule has 5 heteroatoms. The molecule has 0 saturated heterocycles. The van der Waals surface area contributed by atoms with Crippen molar-refractivity contribution in [2.24, 2.45) is 5.73 Å². The third kappa shape index (κ3) is 4.55. The molecule has 0 aromatic heterocycles. The van der Waals surface area contributed by atoms with Gasteiger partial charge in [0.15, 0.2) is 0 Å². The van der Waals surface area contributed by atoms with Gasteiger partial charge in [0, 0.05) is 6.54 Å². The van der Waals surface area contributed by atoms with Crippen LogP contribution in [0.25, 0.3) is 0 Å². The Balaban J connectivity index is 2.36. The van der Waals surface area contributed by atoms with Crippen molar-refractivity contribution in [1.82, 2.24) is 5.32 Å². The number of carbonyl (C=O) groups is 1. The zero-order valence-electron chi connectivity index (χ0n) is 11.7. The molecule has 5 nitrogen and oxygen atoms in total. The van der Waals surface area contributed by atoms with Crippen molar-refractivity contribution in [1.29, 1.82) is 0 Å². The highest BCUT2D eigenvalue weighted by atomic mass is 16.5. The molecule has 1 atom stereocenters. The first kappa shape index (κ1) is 15.4. The number of ether oxygens (including phenoxy) is 1. The standard InChI is InChI=1S/C13H26N2O3/c1-12(2,3)18-9-10(16)8-15-13(11(14)17)6-4-5-7-13/h10,15-16H,4-9H2,1-3H3,(H2,14,17). The monoisotopic (exact) mass is 258 g/mol. The molecular formula is C13H26N2O3. The Morgan fingerprint density at radius 1 is 1.44 bits per heavy atom. The summed E-state index contributed by atoms with van der Waals surface area (Å²) in [6.07, 6.45) is 2.90. The number of hydrogen-bond donors (Lipinski definition) is 3. The van der Waals surface area contributed by atoms with Crippen LogP contribution in [-0.4, -0.2) is 41.4 Å². The summed E-state index contributed by atoms with van der Waals surface area (Å²) in [5.41, 5.74) is 4.56. The summed E-state index contributed by atoms with van der Waals surface area (Å²) in [4.78, 5) is 11.5. The normalized spacial score (nSPS) is 20.9. The van der Waals surface area contributed by atoms with Crippen LogP contribution >= 0.6 is 0 Å². The van der Waals surface area contributed by atoms with Crippen LogP contribution in [0.1, 0.15) is 46.5 Å². The van der Waals surface area contributed by atoms with E-state index in [0.717, 1.165) is 25.7 Å². The molecule has 0 radical (unpaired) electrons. The number of aliphatic hydroxyl groups excluding tert-OH is 1. The summed E-state index contributed by atoms with van der Waals surface area (Å²) in [6.45, 7) is 6.41. The second-order valence-corrected chi connectivity index (χ2v) is 6.11. The molecule has 106 valence electrons. The summed E-state index contributed by atoms with van der Waals surface area (Å²) in [5, 5.41) is 13.0. The molecule has 1 rings (SSSR count). The number of nitrogens with one attached hydrogen (secondary N) is 1. The van der Waals surface area contributed by atoms with E-state index in [1.165, 1.54) is 0 Å². The Hall–Kier alpha value is -0.650. The first-order valence-corrected chi connectivity index (χ1v) is 6.62. The van der Waals surface area contributed by atoms with E-state index in [1.54, 1.807) is 0 Å². The fraction of sp³-hybridized carbons (Fsp3) is 0.923. The molecule has 0 aromatic carbocycles. The lowest BCUT2D eigenvalue weighted by atomic mass is 9.96. The molecular weight excluding hydrogens is 232 g/mol. The van der Waals surface area contributed by atoms with E-state index in [9.17, 15) is 9.90 Å². The minimum atomic E-state index is -0.624. The van der Waals surface area contributed by atoms with Gasteiger partial charge in [-0.1, -0.05) is 12.8 Å². The van der Waals surface area contributed by atoms with Gasteiger partial charge < -0.3 is 20.9 Å². The maximum atomic E-state index is 11.5. The largest absolute Gasteiger partial charge is 0.389 e. The predicted molar refractivity (Wildman–Crippen MR) is 70.1 cm³/mol. The number of rotatable bonds is 6. The maximum Gasteiger partial charge on any atom is 0.237 e. The number of aliphatic hydroxyl groups is 1. The van der Waals surface area contributed by atoms with Crippen LogP contribution in [0.3, 0.4) is 0 Å². The SMILES string of the molecule is CC(C)(C)OCC(O)CNC1(C(N)=O)CCCC1. The first-order valence-electron chi connectivity index (χ1n) is 6.62. The third-order valence-electron chi connectivity index (χ3n) is 3.31. The Bertz CT molecular complexity index is 280. The molecule has 18 heavy (non-hydrogen) atoms. The Labute approximate surface area is 109 Å². The Kier molecular flexibility index (Phi) is 5.13. The lowest BCUT2D eigenvalue weighted by molar-refractivity contribution is -0.124. The highest BCUT2D eigenvalue weighted by Gasteiger charge is 2.39. The predicted octanol–water partition coefficient (Wildman–Crippen LogP) is 0.550. The zero-order chi connectivity index (χ0) is 13.8. The van der Waals surface area contributed by atoms with Crippen molar-refractivity contribution in [3.05, 3.63) is 0 Å². The fourth-order valence-electron chi connectivity index (χ4n) is 2.21. The molecule has 1 amide bonds. The summed E-state index contributed by atoms with van der Waals surface area (Å²) in [7, 11) is 0. The molecule has 1 unspecified atom stereocenters. The van der Waals surface area contributed by atoms with E-state index in [4.69, 9.17) is 10.5 Å².